The smallest absolute Gasteiger partial charge is 0.138 e. The Morgan fingerprint density at radius 3 is 2.71 bits per heavy atom. The van der Waals surface area contributed by atoms with E-state index in [1.165, 1.54) is 5.56 Å². The monoisotopic (exact) mass is 233 g/mol. The van der Waals surface area contributed by atoms with E-state index in [2.05, 4.69) is 19.9 Å². The maximum Gasteiger partial charge on any atom is 0.138 e. The highest BCUT2D eigenvalue weighted by molar-refractivity contribution is 5.83. The van der Waals surface area contributed by atoms with Crippen LogP contribution in [0.4, 0.5) is 0 Å². The fourth-order valence-electron chi connectivity index (χ4n) is 2.10. The highest BCUT2D eigenvalue weighted by Gasteiger charge is 2.14. The Hall–Kier alpha value is -1.48. The third-order valence-electron chi connectivity index (χ3n) is 2.88. The molecule has 2 aromatic rings. The summed E-state index contributed by atoms with van der Waals surface area (Å²) in [7, 11) is 1.66. The molecule has 1 aromatic carbocycles. The van der Waals surface area contributed by atoms with Crippen LogP contribution in [0.2, 0.25) is 0 Å². The van der Waals surface area contributed by atoms with E-state index in [-0.39, 0.29) is 0 Å². The zero-order chi connectivity index (χ0) is 12.4. The number of rotatable bonds is 4. The minimum atomic E-state index is 0.444. The molecule has 17 heavy (non-hydrogen) atoms. The SMILES string of the molecule is COc1ccc2c(CC(C)C)c(CN)oc2c1. The number of fused-ring (bicyclic) bond motifs is 1. The molecule has 0 aliphatic rings. The third-order valence-corrected chi connectivity index (χ3v) is 2.88. The maximum atomic E-state index is 5.79. The average molecular weight is 233 g/mol. The molecule has 0 aliphatic carbocycles. The second-order valence-corrected chi connectivity index (χ2v) is 4.67. The van der Waals surface area contributed by atoms with Crippen LogP contribution >= 0.6 is 0 Å². The van der Waals surface area contributed by atoms with Crippen molar-refractivity contribution in [2.75, 3.05) is 7.11 Å². The van der Waals surface area contributed by atoms with Crippen molar-refractivity contribution >= 4 is 11.0 Å². The highest BCUT2D eigenvalue weighted by Crippen LogP contribution is 2.30. The Morgan fingerprint density at radius 1 is 1.35 bits per heavy atom. The van der Waals surface area contributed by atoms with Gasteiger partial charge in [0.25, 0.3) is 0 Å². The summed E-state index contributed by atoms with van der Waals surface area (Å²) < 4.78 is 11.0. The van der Waals surface area contributed by atoms with Gasteiger partial charge in [-0.2, -0.15) is 0 Å². The van der Waals surface area contributed by atoms with Gasteiger partial charge in [0.1, 0.15) is 17.1 Å². The van der Waals surface area contributed by atoms with E-state index in [4.69, 9.17) is 14.9 Å². The van der Waals surface area contributed by atoms with Crippen molar-refractivity contribution in [1.82, 2.24) is 0 Å². The predicted molar refractivity (Wildman–Crippen MR) is 69.2 cm³/mol. The normalized spacial score (nSPS) is 11.4. The van der Waals surface area contributed by atoms with Gasteiger partial charge in [0.15, 0.2) is 0 Å². The van der Waals surface area contributed by atoms with Crippen molar-refractivity contribution in [3.63, 3.8) is 0 Å². The first-order chi connectivity index (χ1) is 8.15. The van der Waals surface area contributed by atoms with E-state index < -0.39 is 0 Å². The molecule has 0 fully saturated rings. The van der Waals surface area contributed by atoms with Gasteiger partial charge in [0.2, 0.25) is 0 Å². The predicted octanol–water partition coefficient (Wildman–Crippen LogP) is 3.10. The van der Waals surface area contributed by atoms with Gasteiger partial charge in [0, 0.05) is 17.0 Å². The molecule has 0 amide bonds. The van der Waals surface area contributed by atoms with E-state index in [9.17, 15) is 0 Å². The lowest BCUT2D eigenvalue weighted by Crippen LogP contribution is -2.01. The molecule has 92 valence electrons. The van der Waals surface area contributed by atoms with Crippen LogP contribution in [0.25, 0.3) is 11.0 Å². The van der Waals surface area contributed by atoms with E-state index in [1.807, 2.05) is 12.1 Å². The van der Waals surface area contributed by atoms with Crippen LogP contribution in [-0.4, -0.2) is 7.11 Å². The van der Waals surface area contributed by atoms with Gasteiger partial charge in [-0.05, 0) is 24.5 Å². The Morgan fingerprint density at radius 2 is 2.12 bits per heavy atom. The average Bonchev–Trinajstić information content (AvgIpc) is 2.65. The maximum absolute atomic E-state index is 5.79. The van der Waals surface area contributed by atoms with E-state index in [1.54, 1.807) is 7.11 Å². The number of benzene rings is 1. The molecule has 1 aromatic heterocycles. The van der Waals surface area contributed by atoms with Crippen molar-refractivity contribution in [1.29, 1.82) is 0 Å². The lowest BCUT2D eigenvalue weighted by atomic mass is 10.00. The fraction of sp³-hybridized carbons (Fsp3) is 0.429. The summed E-state index contributed by atoms with van der Waals surface area (Å²) in [4.78, 5) is 0. The largest absolute Gasteiger partial charge is 0.497 e. The highest BCUT2D eigenvalue weighted by atomic mass is 16.5. The van der Waals surface area contributed by atoms with Crippen LogP contribution in [-0.2, 0) is 13.0 Å². The lowest BCUT2D eigenvalue weighted by molar-refractivity contribution is 0.414. The number of furan rings is 1. The first-order valence-corrected chi connectivity index (χ1v) is 5.94. The van der Waals surface area contributed by atoms with Crippen LogP contribution in [0, 0.1) is 5.92 Å². The van der Waals surface area contributed by atoms with Crippen LogP contribution in [0.1, 0.15) is 25.2 Å². The van der Waals surface area contributed by atoms with E-state index >= 15 is 0 Å². The third kappa shape index (κ3) is 2.29. The number of ether oxygens (including phenoxy) is 1. The number of methoxy groups -OCH3 is 1. The van der Waals surface area contributed by atoms with Crippen molar-refractivity contribution in [3.8, 4) is 5.75 Å². The van der Waals surface area contributed by atoms with Crippen molar-refractivity contribution in [2.24, 2.45) is 11.7 Å². The molecule has 0 spiro atoms. The molecule has 0 radical (unpaired) electrons. The summed E-state index contributed by atoms with van der Waals surface area (Å²) >= 11 is 0. The Bertz CT molecular complexity index is 514. The number of nitrogens with two attached hydrogens (primary N) is 1. The van der Waals surface area contributed by atoms with Crippen molar-refractivity contribution in [2.45, 2.75) is 26.8 Å². The van der Waals surface area contributed by atoms with Crippen molar-refractivity contribution in [3.05, 3.63) is 29.5 Å². The summed E-state index contributed by atoms with van der Waals surface area (Å²) in [6, 6.07) is 5.93. The molecule has 0 unspecified atom stereocenters. The van der Waals surface area contributed by atoms with Gasteiger partial charge in [0.05, 0.1) is 13.7 Å². The minimum absolute atomic E-state index is 0.444. The van der Waals surface area contributed by atoms with Gasteiger partial charge in [-0.1, -0.05) is 13.8 Å². The molecule has 3 heteroatoms. The first kappa shape index (κ1) is 12.0. The molecule has 1 heterocycles. The number of hydrogen-bond donors (Lipinski definition) is 1. The first-order valence-electron chi connectivity index (χ1n) is 5.94. The second-order valence-electron chi connectivity index (χ2n) is 4.67. The Kier molecular flexibility index (Phi) is 3.38. The summed E-state index contributed by atoms with van der Waals surface area (Å²) in [5, 5.41) is 1.15. The molecular weight excluding hydrogens is 214 g/mol. The summed E-state index contributed by atoms with van der Waals surface area (Å²) in [5.74, 6) is 2.29. The molecular formula is C14H19NO2. The summed E-state index contributed by atoms with van der Waals surface area (Å²) in [6.07, 6.45) is 0.992. The molecule has 0 aliphatic heterocycles. The molecule has 2 N–H and O–H groups in total. The van der Waals surface area contributed by atoms with Gasteiger partial charge in [-0.3, -0.25) is 0 Å². The zero-order valence-electron chi connectivity index (χ0n) is 10.6. The van der Waals surface area contributed by atoms with Gasteiger partial charge in [-0.25, -0.2) is 0 Å². The minimum Gasteiger partial charge on any atom is -0.497 e. The van der Waals surface area contributed by atoms with Gasteiger partial charge < -0.3 is 14.9 Å². The lowest BCUT2D eigenvalue weighted by Gasteiger charge is -2.04. The zero-order valence-corrected chi connectivity index (χ0v) is 10.6. The standard InChI is InChI=1S/C14H19NO2/c1-9(2)6-12-11-5-4-10(16-3)7-13(11)17-14(12)8-15/h4-5,7,9H,6,8,15H2,1-3H3. The second kappa shape index (κ2) is 4.80. The number of hydrogen-bond acceptors (Lipinski definition) is 3. The van der Waals surface area contributed by atoms with Gasteiger partial charge >= 0.3 is 0 Å². The topological polar surface area (TPSA) is 48.4 Å². The van der Waals surface area contributed by atoms with Crippen LogP contribution in [0.15, 0.2) is 22.6 Å². The Balaban J connectivity index is 2.55. The molecule has 2 rings (SSSR count). The molecule has 0 saturated heterocycles. The quantitative estimate of drug-likeness (QED) is 0.882. The summed E-state index contributed by atoms with van der Waals surface area (Å²) in [5.41, 5.74) is 7.83. The molecule has 0 saturated carbocycles. The fourth-order valence-corrected chi connectivity index (χ4v) is 2.10. The van der Waals surface area contributed by atoms with Crippen molar-refractivity contribution < 1.29 is 9.15 Å². The van der Waals surface area contributed by atoms with Gasteiger partial charge in [-0.15, -0.1) is 0 Å². The van der Waals surface area contributed by atoms with Crippen LogP contribution < -0.4 is 10.5 Å². The van der Waals surface area contributed by atoms with E-state index in [0.717, 1.165) is 28.9 Å². The van der Waals surface area contributed by atoms with Crippen LogP contribution in [0.3, 0.4) is 0 Å². The molecule has 3 nitrogen and oxygen atoms in total. The molecule has 0 atom stereocenters. The Labute approximate surface area is 102 Å². The van der Waals surface area contributed by atoms with Crippen LogP contribution in [0.5, 0.6) is 5.75 Å². The summed E-state index contributed by atoms with van der Waals surface area (Å²) in [6.45, 7) is 4.84. The van der Waals surface area contributed by atoms with E-state index in [0.29, 0.717) is 12.5 Å². The molecule has 0 bridgehead atoms.